The number of hydrogen-bond acceptors (Lipinski definition) is 9. The molecule has 1 saturated heterocycles. The highest BCUT2D eigenvalue weighted by atomic mass is 35.5. The first-order valence-electron chi connectivity index (χ1n) is 12.1. The summed E-state index contributed by atoms with van der Waals surface area (Å²) in [5.74, 6) is 2.90. The van der Waals surface area contributed by atoms with E-state index < -0.39 is 0 Å². The summed E-state index contributed by atoms with van der Waals surface area (Å²) >= 11 is 6.41. The number of nitrogens with one attached hydrogen (secondary N) is 2. The molecule has 0 saturated carbocycles. The molecule has 1 amide bonds. The van der Waals surface area contributed by atoms with E-state index in [1.165, 1.54) is 5.56 Å². The van der Waals surface area contributed by atoms with Crippen LogP contribution in [0.4, 0.5) is 16.4 Å². The minimum absolute atomic E-state index is 0.0622. The normalized spacial score (nSPS) is 21.6. The van der Waals surface area contributed by atoms with Crippen LogP contribution < -0.4 is 30.7 Å². The van der Waals surface area contributed by atoms with Gasteiger partial charge in [-0.25, -0.2) is 14.8 Å². The van der Waals surface area contributed by atoms with Crippen LogP contribution >= 0.6 is 11.6 Å². The predicted octanol–water partition coefficient (Wildman–Crippen LogP) is 2.38. The number of nitrogens with two attached hydrogens (primary N) is 1. The number of hydrogen-bond donors (Lipinski definition) is 3. The van der Waals surface area contributed by atoms with Crippen molar-refractivity contribution in [1.82, 2.24) is 15.3 Å². The monoisotopic (exact) mass is 502 g/mol. The number of fused-ring (bicyclic) bond motifs is 2. The zero-order valence-electron chi connectivity index (χ0n) is 19.8. The Kier molecular flexibility index (Phi) is 7.12. The van der Waals surface area contributed by atoms with Gasteiger partial charge in [0.05, 0.1) is 13.1 Å². The maximum atomic E-state index is 12.4. The highest BCUT2D eigenvalue weighted by molar-refractivity contribution is 6.30. The highest BCUT2D eigenvalue weighted by Gasteiger charge is 2.33. The van der Waals surface area contributed by atoms with E-state index in [0.29, 0.717) is 60.6 Å². The van der Waals surface area contributed by atoms with Gasteiger partial charge in [0.1, 0.15) is 30.3 Å². The van der Waals surface area contributed by atoms with Crippen LogP contribution in [0.1, 0.15) is 24.5 Å². The number of carbonyl (C=O) groups is 1. The molecule has 0 spiro atoms. The third-order valence-corrected chi connectivity index (χ3v) is 6.67. The van der Waals surface area contributed by atoms with Gasteiger partial charge < -0.3 is 30.6 Å². The van der Waals surface area contributed by atoms with Crippen molar-refractivity contribution in [3.05, 3.63) is 34.5 Å². The van der Waals surface area contributed by atoms with E-state index in [4.69, 9.17) is 31.5 Å². The second-order valence-electron chi connectivity index (χ2n) is 9.35. The average molecular weight is 503 g/mol. The van der Waals surface area contributed by atoms with E-state index in [1.54, 1.807) is 11.0 Å². The molecular weight excluding hydrogens is 472 g/mol. The summed E-state index contributed by atoms with van der Waals surface area (Å²) in [6, 6.07) is 5.54. The number of anilines is 2. The Morgan fingerprint density at radius 2 is 2.26 bits per heavy atom. The summed E-state index contributed by atoms with van der Waals surface area (Å²) in [5.41, 5.74) is 8.05. The fourth-order valence-electron chi connectivity index (χ4n) is 4.66. The van der Waals surface area contributed by atoms with E-state index in [9.17, 15) is 4.79 Å². The minimum atomic E-state index is -0.366. The molecule has 3 aliphatic rings. The van der Waals surface area contributed by atoms with Gasteiger partial charge in [-0.05, 0) is 68.5 Å². The van der Waals surface area contributed by atoms with Crippen molar-refractivity contribution >= 4 is 29.3 Å². The van der Waals surface area contributed by atoms with Gasteiger partial charge in [-0.2, -0.15) is 0 Å². The fourth-order valence-corrected chi connectivity index (χ4v) is 4.94. The molecule has 3 unspecified atom stereocenters. The molecule has 2 aromatic heterocycles. The van der Waals surface area contributed by atoms with E-state index >= 15 is 0 Å². The number of carbonyl (C=O) groups excluding carboxylic acids is 1. The lowest BCUT2D eigenvalue weighted by molar-refractivity contribution is 0.136. The lowest BCUT2D eigenvalue weighted by Gasteiger charge is -2.20. The van der Waals surface area contributed by atoms with Crippen LogP contribution in [0.15, 0.2) is 18.2 Å². The first kappa shape index (κ1) is 23.9. The number of cyclic esters (lactones) is 1. The minimum Gasteiger partial charge on any atom is -0.488 e. The van der Waals surface area contributed by atoms with E-state index in [0.717, 1.165) is 37.9 Å². The molecule has 2 aliphatic heterocycles. The van der Waals surface area contributed by atoms with E-state index in [1.807, 2.05) is 19.1 Å². The topological polar surface area (TPSA) is 124 Å². The van der Waals surface area contributed by atoms with Gasteiger partial charge in [-0.1, -0.05) is 11.6 Å². The van der Waals surface area contributed by atoms with Crippen molar-refractivity contribution in [2.45, 2.75) is 38.3 Å². The molecule has 1 fully saturated rings. The van der Waals surface area contributed by atoms with Gasteiger partial charge in [-0.15, -0.1) is 0 Å². The Bertz CT molecular complexity index is 1080. The maximum Gasteiger partial charge on any atom is 0.415 e. The first-order valence-corrected chi connectivity index (χ1v) is 12.5. The summed E-state index contributed by atoms with van der Waals surface area (Å²) in [7, 11) is 0. The second-order valence-corrected chi connectivity index (χ2v) is 9.71. The maximum absolute atomic E-state index is 12.4. The van der Waals surface area contributed by atoms with E-state index in [2.05, 4.69) is 20.6 Å². The molecule has 0 radical (unpaired) electrons. The van der Waals surface area contributed by atoms with Crippen molar-refractivity contribution in [2.24, 2.45) is 11.7 Å². The molecular formula is C24H31ClN6O4. The van der Waals surface area contributed by atoms with Crippen molar-refractivity contribution in [2.75, 3.05) is 49.6 Å². The second kappa shape index (κ2) is 10.4. The quantitative estimate of drug-likeness (QED) is 0.350. The van der Waals surface area contributed by atoms with Gasteiger partial charge in [-0.3, -0.25) is 4.90 Å². The predicted molar refractivity (Wildman–Crippen MR) is 133 cm³/mol. The summed E-state index contributed by atoms with van der Waals surface area (Å²) in [6.07, 6.45) is 1.99. The number of halogens is 1. The number of nitrogens with zero attached hydrogens (tertiary/aromatic N) is 3. The lowest BCUT2D eigenvalue weighted by Crippen LogP contribution is -2.29. The molecule has 35 heavy (non-hydrogen) atoms. The molecule has 1 aliphatic carbocycles. The van der Waals surface area contributed by atoms with Crippen LogP contribution in [0.2, 0.25) is 5.15 Å². The number of aromatic nitrogens is 2. The molecule has 4 N–H and O–H groups in total. The van der Waals surface area contributed by atoms with Crippen LogP contribution in [0, 0.1) is 5.92 Å². The van der Waals surface area contributed by atoms with Gasteiger partial charge in [0.2, 0.25) is 5.88 Å². The van der Waals surface area contributed by atoms with Crippen molar-refractivity contribution < 1.29 is 19.0 Å². The summed E-state index contributed by atoms with van der Waals surface area (Å²) in [5, 5.41) is 7.22. The van der Waals surface area contributed by atoms with Crippen LogP contribution in [0.25, 0.3) is 0 Å². The highest BCUT2D eigenvalue weighted by Crippen LogP contribution is 2.34. The van der Waals surface area contributed by atoms with Gasteiger partial charge in [0, 0.05) is 12.1 Å². The van der Waals surface area contributed by atoms with Crippen molar-refractivity contribution in [3.8, 4) is 11.6 Å². The molecule has 0 bridgehead atoms. The Hall–Kier alpha value is -2.82. The average Bonchev–Trinajstić information content (AvgIpc) is 3.43. The van der Waals surface area contributed by atoms with Crippen LogP contribution in [-0.4, -0.2) is 67.6 Å². The van der Waals surface area contributed by atoms with Gasteiger partial charge >= 0.3 is 6.09 Å². The third-order valence-electron chi connectivity index (χ3n) is 6.36. The molecule has 4 heterocycles. The summed E-state index contributed by atoms with van der Waals surface area (Å²) in [4.78, 5) is 22.9. The first-order chi connectivity index (χ1) is 17.0. The van der Waals surface area contributed by atoms with E-state index in [-0.39, 0.29) is 18.2 Å². The lowest BCUT2D eigenvalue weighted by atomic mass is 10.1. The Morgan fingerprint density at radius 3 is 3.11 bits per heavy atom. The van der Waals surface area contributed by atoms with Gasteiger partial charge in [0.25, 0.3) is 0 Å². The number of pyridine rings is 2. The summed E-state index contributed by atoms with van der Waals surface area (Å²) in [6.45, 7) is 5.68. The van der Waals surface area contributed by atoms with Crippen LogP contribution in [-0.2, 0) is 17.6 Å². The Labute approximate surface area is 209 Å². The number of ether oxygens (including phenoxy) is 3. The third kappa shape index (κ3) is 5.55. The smallest absolute Gasteiger partial charge is 0.415 e. The van der Waals surface area contributed by atoms with Crippen LogP contribution in [0.3, 0.4) is 0 Å². The fraction of sp³-hybridized carbons (Fsp3) is 0.542. The molecule has 0 aromatic carbocycles. The Morgan fingerprint density at radius 1 is 1.37 bits per heavy atom. The molecule has 11 heteroatoms. The molecule has 2 aromatic rings. The molecule has 5 rings (SSSR count). The number of amides is 1. The molecule has 10 nitrogen and oxygen atoms in total. The van der Waals surface area contributed by atoms with Crippen LogP contribution in [0.5, 0.6) is 11.6 Å². The largest absolute Gasteiger partial charge is 0.488 e. The number of rotatable bonds is 9. The zero-order valence-corrected chi connectivity index (χ0v) is 20.5. The van der Waals surface area contributed by atoms with Crippen molar-refractivity contribution in [1.29, 1.82) is 0 Å². The standard InChI is InChI=1S/C24H31ClN6O4/c1-14(26)13-34-21-10-16-8-15(9-18(16)22(25)30-21)11-27-5-4-17-12-31(24(32)35-17)20-3-2-19-23(29-20)28-6-7-33-19/h2-3,10,14-15,17,27H,4-9,11-13,26H2,1H3,(H,28,29). The molecule has 3 atom stereocenters. The zero-order chi connectivity index (χ0) is 24.4. The Balaban J connectivity index is 1.07. The molecule has 188 valence electrons. The summed E-state index contributed by atoms with van der Waals surface area (Å²) < 4.78 is 16.8. The van der Waals surface area contributed by atoms with Gasteiger partial charge in [0.15, 0.2) is 11.6 Å². The SMILES string of the molecule is CC(N)COc1cc2c(c(Cl)n1)CC(CNCCC1CN(c3ccc4c(n3)NCCO4)C(=O)O1)C2. The van der Waals surface area contributed by atoms with Crippen molar-refractivity contribution in [3.63, 3.8) is 0 Å².